The quantitative estimate of drug-likeness (QED) is 0.753. The van der Waals surface area contributed by atoms with Crippen molar-refractivity contribution in [2.24, 2.45) is 0 Å². The second-order valence-electron chi connectivity index (χ2n) is 2.41. The lowest BCUT2D eigenvalue weighted by molar-refractivity contribution is 1.10. The van der Waals surface area contributed by atoms with Gasteiger partial charge in [0.15, 0.2) is 5.13 Å². The Kier molecular flexibility index (Phi) is 2.88. The first-order valence-electron chi connectivity index (χ1n) is 3.98. The van der Waals surface area contributed by atoms with Crippen molar-refractivity contribution in [3.05, 3.63) is 10.6 Å². The lowest BCUT2D eigenvalue weighted by Crippen LogP contribution is -1.94. The summed E-state index contributed by atoms with van der Waals surface area (Å²) in [6, 6.07) is 0. The third-order valence-electron chi connectivity index (χ3n) is 1.54. The summed E-state index contributed by atoms with van der Waals surface area (Å²) in [5, 5.41) is 4.27. The average Bonchev–Trinajstić information content (AvgIpc) is 2.32. The topological polar surface area (TPSA) is 24.9 Å². The highest BCUT2D eigenvalue weighted by atomic mass is 32.1. The minimum Gasteiger partial charge on any atom is -0.362 e. The second-order valence-corrected chi connectivity index (χ2v) is 3.50. The molecule has 0 spiro atoms. The van der Waals surface area contributed by atoms with Crippen LogP contribution in [0.2, 0.25) is 0 Å². The third-order valence-corrected chi connectivity index (χ3v) is 2.80. The number of hydrogen-bond acceptors (Lipinski definition) is 3. The Morgan fingerprint density at radius 1 is 1.45 bits per heavy atom. The number of aryl methyl sites for hydroxylation is 2. The summed E-state index contributed by atoms with van der Waals surface area (Å²) in [6.07, 6.45) is 1.09. The van der Waals surface area contributed by atoms with E-state index in [1.165, 1.54) is 10.6 Å². The molecule has 1 N–H and O–H groups in total. The van der Waals surface area contributed by atoms with Crippen molar-refractivity contribution in [3.8, 4) is 0 Å². The van der Waals surface area contributed by atoms with Crippen LogP contribution >= 0.6 is 11.3 Å². The molecule has 0 aliphatic heterocycles. The van der Waals surface area contributed by atoms with Gasteiger partial charge >= 0.3 is 0 Å². The van der Waals surface area contributed by atoms with Crippen LogP contribution in [0.4, 0.5) is 5.13 Å². The Morgan fingerprint density at radius 3 is 2.64 bits per heavy atom. The lowest BCUT2D eigenvalue weighted by atomic mass is 10.3. The minimum atomic E-state index is 0.954. The highest BCUT2D eigenvalue weighted by Gasteiger charge is 2.03. The fourth-order valence-corrected chi connectivity index (χ4v) is 1.95. The van der Waals surface area contributed by atoms with E-state index in [9.17, 15) is 0 Å². The predicted octanol–water partition coefficient (Wildman–Crippen LogP) is 2.45. The molecule has 0 amide bonds. The van der Waals surface area contributed by atoms with Crippen LogP contribution in [0.3, 0.4) is 0 Å². The minimum absolute atomic E-state index is 0.954. The fraction of sp³-hybridized carbons (Fsp3) is 0.625. The van der Waals surface area contributed by atoms with E-state index in [0.29, 0.717) is 0 Å². The lowest BCUT2D eigenvalue weighted by Gasteiger charge is -1.92. The molecule has 0 unspecified atom stereocenters. The van der Waals surface area contributed by atoms with Gasteiger partial charge in [0.05, 0.1) is 5.69 Å². The zero-order valence-electron chi connectivity index (χ0n) is 7.27. The molecule has 1 heterocycles. The third kappa shape index (κ3) is 1.93. The molecule has 62 valence electrons. The number of aromatic nitrogens is 1. The van der Waals surface area contributed by atoms with Gasteiger partial charge in [0, 0.05) is 11.4 Å². The summed E-state index contributed by atoms with van der Waals surface area (Å²) in [5.74, 6) is 0. The van der Waals surface area contributed by atoms with Gasteiger partial charge in [-0.2, -0.15) is 0 Å². The number of anilines is 1. The Labute approximate surface area is 71.7 Å². The summed E-state index contributed by atoms with van der Waals surface area (Å²) < 4.78 is 0. The summed E-state index contributed by atoms with van der Waals surface area (Å²) in [7, 11) is 0. The van der Waals surface area contributed by atoms with Gasteiger partial charge in [-0.25, -0.2) is 4.98 Å². The molecule has 3 heteroatoms. The van der Waals surface area contributed by atoms with Crippen molar-refractivity contribution in [3.63, 3.8) is 0 Å². The molecule has 11 heavy (non-hydrogen) atoms. The highest BCUT2D eigenvalue weighted by molar-refractivity contribution is 7.15. The van der Waals surface area contributed by atoms with E-state index in [1.54, 1.807) is 11.3 Å². The molecule has 2 nitrogen and oxygen atoms in total. The Balaban J connectivity index is 2.77. The van der Waals surface area contributed by atoms with Gasteiger partial charge in [-0.15, -0.1) is 11.3 Å². The molecule has 0 radical (unpaired) electrons. The van der Waals surface area contributed by atoms with Crippen LogP contribution in [-0.4, -0.2) is 11.5 Å². The normalized spacial score (nSPS) is 10.1. The van der Waals surface area contributed by atoms with E-state index in [4.69, 9.17) is 0 Å². The maximum absolute atomic E-state index is 4.38. The molecular weight excluding hydrogens is 156 g/mol. The molecule has 0 bridgehead atoms. The van der Waals surface area contributed by atoms with E-state index in [2.05, 4.69) is 31.1 Å². The number of hydrogen-bond donors (Lipinski definition) is 1. The van der Waals surface area contributed by atoms with Crippen LogP contribution in [0.25, 0.3) is 0 Å². The zero-order chi connectivity index (χ0) is 8.27. The largest absolute Gasteiger partial charge is 0.362 e. The maximum atomic E-state index is 4.38. The van der Waals surface area contributed by atoms with Crippen molar-refractivity contribution < 1.29 is 0 Å². The molecule has 1 rings (SSSR count). The van der Waals surface area contributed by atoms with E-state index in [-0.39, 0.29) is 0 Å². The fourth-order valence-electron chi connectivity index (χ4n) is 0.983. The van der Waals surface area contributed by atoms with Crippen molar-refractivity contribution >= 4 is 16.5 Å². The zero-order valence-corrected chi connectivity index (χ0v) is 8.09. The molecular formula is C8H14N2S. The van der Waals surface area contributed by atoms with Crippen LogP contribution < -0.4 is 5.32 Å². The van der Waals surface area contributed by atoms with Gasteiger partial charge < -0.3 is 5.32 Å². The first kappa shape index (κ1) is 8.53. The van der Waals surface area contributed by atoms with Crippen LogP contribution in [-0.2, 0) is 6.42 Å². The summed E-state index contributed by atoms with van der Waals surface area (Å²) in [6.45, 7) is 7.27. The molecule has 0 fully saturated rings. The van der Waals surface area contributed by atoms with Crippen LogP contribution in [0, 0.1) is 6.92 Å². The molecule has 0 saturated heterocycles. The maximum Gasteiger partial charge on any atom is 0.183 e. The second kappa shape index (κ2) is 3.72. The number of rotatable bonds is 3. The van der Waals surface area contributed by atoms with E-state index in [1.807, 2.05) is 0 Å². The molecule has 0 aliphatic carbocycles. The molecule has 0 saturated carbocycles. The average molecular weight is 170 g/mol. The SMILES string of the molecule is CCNc1nc(C)c(CC)s1. The Bertz CT molecular complexity index is 230. The van der Waals surface area contributed by atoms with Gasteiger partial charge in [0.25, 0.3) is 0 Å². The molecule has 0 aromatic carbocycles. The molecule has 1 aromatic rings. The smallest absolute Gasteiger partial charge is 0.183 e. The van der Waals surface area contributed by atoms with Crippen molar-refractivity contribution in [2.45, 2.75) is 27.2 Å². The van der Waals surface area contributed by atoms with Crippen LogP contribution in [0.1, 0.15) is 24.4 Å². The standard InChI is InChI=1S/C8H14N2S/c1-4-7-6(3)10-8(11-7)9-5-2/h4-5H2,1-3H3,(H,9,10). The number of thiazole rings is 1. The van der Waals surface area contributed by atoms with Crippen LogP contribution in [0.5, 0.6) is 0 Å². The van der Waals surface area contributed by atoms with Gasteiger partial charge in [-0.3, -0.25) is 0 Å². The van der Waals surface area contributed by atoms with Crippen molar-refractivity contribution in [2.75, 3.05) is 11.9 Å². The van der Waals surface area contributed by atoms with E-state index in [0.717, 1.165) is 18.1 Å². The summed E-state index contributed by atoms with van der Waals surface area (Å²) in [5.41, 5.74) is 1.17. The monoisotopic (exact) mass is 170 g/mol. The molecule has 1 aromatic heterocycles. The van der Waals surface area contributed by atoms with Gasteiger partial charge in [0.2, 0.25) is 0 Å². The summed E-state index contributed by atoms with van der Waals surface area (Å²) >= 11 is 1.76. The first-order chi connectivity index (χ1) is 5.27. The molecule has 0 aliphatic rings. The van der Waals surface area contributed by atoms with E-state index >= 15 is 0 Å². The van der Waals surface area contributed by atoms with Crippen molar-refractivity contribution in [1.82, 2.24) is 4.98 Å². The number of nitrogens with zero attached hydrogens (tertiary/aromatic N) is 1. The van der Waals surface area contributed by atoms with E-state index < -0.39 is 0 Å². The Hall–Kier alpha value is -0.570. The van der Waals surface area contributed by atoms with Crippen molar-refractivity contribution in [1.29, 1.82) is 0 Å². The van der Waals surface area contributed by atoms with Gasteiger partial charge in [-0.05, 0) is 20.3 Å². The summed E-state index contributed by atoms with van der Waals surface area (Å²) in [4.78, 5) is 5.77. The van der Waals surface area contributed by atoms with Gasteiger partial charge in [-0.1, -0.05) is 6.92 Å². The Morgan fingerprint density at radius 2 is 2.18 bits per heavy atom. The highest BCUT2D eigenvalue weighted by Crippen LogP contribution is 2.22. The molecule has 0 atom stereocenters. The van der Waals surface area contributed by atoms with Crippen LogP contribution in [0.15, 0.2) is 0 Å². The number of nitrogens with one attached hydrogen (secondary N) is 1. The predicted molar refractivity (Wildman–Crippen MR) is 50.4 cm³/mol. The first-order valence-corrected chi connectivity index (χ1v) is 4.79. The van der Waals surface area contributed by atoms with Gasteiger partial charge in [0.1, 0.15) is 0 Å².